The lowest BCUT2D eigenvalue weighted by Crippen LogP contribution is -2.31. The topological polar surface area (TPSA) is 89.6 Å². The van der Waals surface area contributed by atoms with Gasteiger partial charge in [0.05, 0.1) is 25.0 Å². The summed E-state index contributed by atoms with van der Waals surface area (Å²) in [6, 6.07) is 19.5. The van der Waals surface area contributed by atoms with E-state index in [1.807, 2.05) is 24.3 Å². The lowest BCUT2D eigenvalue weighted by atomic mass is 9.90. The van der Waals surface area contributed by atoms with Crippen molar-refractivity contribution in [3.05, 3.63) is 78.0 Å². The van der Waals surface area contributed by atoms with Crippen LogP contribution >= 0.6 is 0 Å². The fourth-order valence-corrected chi connectivity index (χ4v) is 3.40. The van der Waals surface area contributed by atoms with Gasteiger partial charge in [0.15, 0.2) is 0 Å². The van der Waals surface area contributed by atoms with Gasteiger partial charge < -0.3 is 20.1 Å². The SMILES string of the molecule is CC(=O)NCC(=O)Nc1ccc(Oc2ccc3c(c2)OCC(c2ccccc2)C3)nc1. The van der Waals surface area contributed by atoms with E-state index in [2.05, 4.69) is 39.9 Å². The number of benzene rings is 2. The van der Waals surface area contributed by atoms with E-state index in [1.54, 1.807) is 12.1 Å². The molecular formula is C24H23N3O4. The van der Waals surface area contributed by atoms with Gasteiger partial charge in [-0.05, 0) is 29.7 Å². The first-order valence-corrected chi connectivity index (χ1v) is 10.1. The molecule has 7 nitrogen and oxygen atoms in total. The second kappa shape index (κ2) is 9.30. The highest BCUT2D eigenvalue weighted by Gasteiger charge is 2.21. The van der Waals surface area contributed by atoms with Crippen molar-refractivity contribution in [2.75, 3.05) is 18.5 Å². The van der Waals surface area contributed by atoms with Gasteiger partial charge in [0.2, 0.25) is 17.7 Å². The summed E-state index contributed by atoms with van der Waals surface area (Å²) in [7, 11) is 0. The third kappa shape index (κ3) is 5.39. The number of pyridine rings is 1. The van der Waals surface area contributed by atoms with Crippen molar-refractivity contribution in [3.8, 4) is 17.4 Å². The lowest BCUT2D eigenvalue weighted by Gasteiger charge is -2.26. The number of aromatic nitrogens is 1. The van der Waals surface area contributed by atoms with Crippen LogP contribution in [0.25, 0.3) is 0 Å². The van der Waals surface area contributed by atoms with Crippen LogP contribution in [0.15, 0.2) is 66.9 Å². The molecule has 31 heavy (non-hydrogen) atoms. The van der Waals surface area contributed by atoms with Crippen molar-refractivity contribution in [2.24, 2.45) is 0 Å². The van der Waals surface area contributed by atoms with Gasteiger partial charge in [0.1, 0.15) is 11.5 Å². The summed E-state index contributed by atoms with van der Waals surface area (Å²) in [5.74, 6) is 1.61. The number of rotatable bonds is 6. The molecule has 158 valence electrons. The maximum Gasteiger partial charge on any atom is 0.243 e. The van der Waals surface area contributed by atoms with E-state index >= 15 is 0 Å². The molecule has 4 rings (SSSR count). The molecule has 1 unspecified atom stereocenters. The normalized spacial score (nSPS) is 14.7. The first-order valence-electron chi connectivity index (χ1n) is 10.1. The summed E-state index contributed by atoms with van der Waals surface area (Å²) in [4.78, 5) is 26.8. The summed E-state index contributed by atoms with van der Waals surface area (Å²) < 4.78 is 11.8. The average molecular weight is 417 g/mol. The fourth-order valence-electron chi connectivity index (χ4n) is 3.40. The molecule has 0 aliphatic carbocycles. The molecule has 0 saturated carbocycles. The van der Waals surface area contributed by atoms with Gasteiger partial charge in [-0.25, -0.2) is 4.98 Å². The Labute approximate surface area is 180 Å². The molecule has 0 fully saturated rings. The molecule has 2 N–H and O–H groups in total. The van der Waals surface area contributed by atoms with Crippen molar-refractivity contribution >= 4 is 17.5 Å². The molecule has 1 atom stereocenters. The van der Waals surface area contributed by atoms with Gasteiger partial charge in [-0.15, -0.1) is 0 Å². The lowest BCUT2D eigenvalue weighted by molar-refractivity contribution is -0.122. The Hall–Kier alpha value is -3.87. The van der Waals surface area contributed by atoms with Crippen LogP contribution in [0.4, 0.5) is 5.69 Å². The summed E-state index contributed by atoms with van der Waals surface area (Å²) in [5.41, 5.74) is 2.95. The zero-order valence-electron chi connectivity index (χ0n) is 17.1. The molecule has 0 saturated heterocycles. The minimum atomic E-state index is -0.327. The second-order valence-corrected chi connectivity index (χ2v) is 7.34. The number of nitrogens with zero attached hydrogens (tertiary/aromatic N) is 1. The standard InChI is InChI=1S/C24H23N3O4/c1-16(28)25-14-23(29)27-20-8-10-24(26-13-20)31-21-9-7-18-11-19(15-30-22(18)12-21)17-5-3-2-4-6-17/h2-10,12-13,19H,11,14-15H2,1H3,(H,25,28)(H,27,29). The highest BCUT2D eigenvalue weighted by atomic mass is 16.5. The molecule has 1 aliphatic rings. The van der Waals surface area contributed by atoms with Gasteiger partial charge in [0.25, 0.3) is 0 Å². The van der Waals surface area contributed by atoms with Crippen LogP contribution in [-0.4, -0.2) is 29.9 Å². The smallest absolute Gasteiger partial charge is 0.243 e. The number of anilines is 1. The third-order valence-corrected chi connectivity index (χ3v) is 4.96. The quantitative estimate of drug-likeness (QED) is 0.639. The summed E-state index contributed by atoms with van der Waals surface area (Å²) in [6.07, 6.45) is 2.42. The molecule has 1 aliphatic heterocycles. The zero-order chi connectivity index (χ0) is 21.6. The number of carbonyl (C=O) groups excluding carboxylic acids is 2. The van der Waals surface area contributed by atoms with Crippen LogP contribution in [0.3, 0.4) is 0 Å². The monoisotopic (exact) mass is 417 g/mol. The minimum Gasteiger partial charge on any atom is -0.493 e. The summed E-state index contributed by atoms with van der Waals surface area (Å²) in [6.45, 7) is 1.90. The predicted molar refractivity (Wildman–Crippen MR) is 116 cm³/mol. The first-order chi connectivity index (χ1) is 15.1. The van der Waals surface area contributed by atoms with Crippen LogP contribution in [0.1, 0.15) is 24.0 Å². The summed E-state index contributed by atoms with van der Waals surface area (Å²) >= 11 is 0. The van der Waals surface area contributed by atoms with Gasteiger partial charge >= 0.3 is 0 Å². The molecular weight excluding hydrogens is 394 g/mol. The van der Waals surface area contributed by atoms with Crippen LogP contribution < -0.4 is 20.1 Å². The number of nitrogens with one attached hydrogen (secondary N) is 2. The Kier molecular flexibility index (Phi) is 6.12. The number of amides is 2. The van der Waals surface area contributed by atoms with E-state index in [9.17, 15) is 9.59 Å². The Morgan fingerprint density at radius 3 is 2.71 bits per heavy atom. The third-order valence-electron chi connectivity index (χ3n) is 4.96. The van der Waals surface area contributed by atoms with Crippen molar-refractivity contribution in [3.63, 3.8) is 0 Å². The van der Waals surface area contributed by atoms with Gasteiger partial charge in [0, 0.05) is 25.0 Å². The summed E-state index contributed by atoms with van der Waals surface area (Å²) in [5, 5.41) is 5.09. The molecule has 7 heteroatoms. The number of hydrogen-bond donors (Lipinski definition) is 2. The maximum absolute atomic E-state index is 11.7. The molecule has 0 bridgehead atoms. The van der Waals surface area contributed by atoms with E-state index in [4.69, 9.17) is 9.47 Å². The Bertz CT molecular complexity index is 1070. The van der Waals surface area contributed by atoms with Crippen molar-refractivity contribution < 1.29 is 19.1 Å². The van der Waals surface area contributed by atoms with Crippen molar-refractivity contribution in [1.29, 1.82) is 0 Å². The number of ether oxygens (including phenoxy) is 2. The molecule has 2 aromatic carbocycles. The molecule has 2 amide bonds. The number of carbonyl (C=O) groups is 2. The Morgan fingerprint density at radius 1 is 1.13 bits per heavy atom. The average Bonchev–Trinajstić information content (AvgIpc) is 2.79. The van der Waals surface area contributed by atoms with E-state index < -0.39 is 0 Å². The minimum absolute atomic E-state index is 0.0894. The van der Waals surface area contributed by atoms with Crippen LogP contribution in [0, 0.1) is 0 Å². The van der Waals surface area contributed by atoms with Gasteiger partial charge in [-0.2, -0.15) is 0 Å². The van der Waals surface area contributed by atoms with E-state index in [-0.39, 0.29) is 18.4 Å². The maximum atomic E-state index is 11.7. The molecule has 3 aromatic rings. The van der Waals surface area contributed by atoms with Crippen molar-refractivity contribution in [2.45, 2.75) is 19.3 Å². The van der Waals surface area contributed by atoms with Gasteiger partial charge in [-0.1, -0.05) is 36.4 Å². The highest BCUT2D eigenvalue weighted by molar-refractivity contribution is 5.94. The number of fused-ring (bicyclic) bond motifs is 1. The van der Waals surface area contributed by atoms with Crippen LogP contribution in [-0.2, 0) is 16.0 Å². The fraction of sp³-hybridized carbons (Fsp3) is 0.208. The Balaban J connectivity index is 1.36. The largest absolute Gasteiger partial charge is 0.493 e. The van der Waals surface area contributed by atoms with E-state index in [0.717, 1.165) is 17.7 Å². The molecule has 0 spiro atoms. The van der Waals surface area contributed by atoms with E-state index in [1.165, 1.54) is 18.7 Å². The number of hydrogen-bond acceptors (Lipinski definition) is 5. The zero-order valence-corrected chi connectivity index (χ0v) is 17.1. The highest BCUT2D eigenvalue weighted by Crippen LogP contribution is 2.35. The molecule has 1 aromatic heterocycles. The Morgan fingerprint density at radius 2 is 1.97 bits per heavy atom. The molecule has 0 radical (unpaired) electrons. The first kappa shape index (κ1) is 20.4. The van der Waals surface area contributed by atoms with E-state index in [0.29, 0.717) is 29.8 Å². The van der Waals surface area contributed by atoms with Crippen LogP contribution in [0.2, 0.25) is 0 Å². The second-order valence-electron chi connectivity index (χ2n) is 7.34. The van der Waals surface area contributed by atoms with Gasteiger partial charge in [-0.3, -0.25) is 9.59 Å². The molecule has 2 heterocycles. The predicted octanol–water partition coefficient (Wildman–Crippen LogP) is 3.67. The van der Waals surface area contributed by atoms with Crippen molar-refractivity contribution in [1.82, 2.24) is 10.3 Å². The van der Waals surface area contributed by atoms with Crippen LogP contribution in [0.5, 0.6) is 17.4 Å².